The number of hydrogen-bond acceptors (Lipinski definition) is 2. The van der Waals surface area contributed by atoms with Crippen molar-refractivity contribution in [2.45, 2.75) is 142 Å². The number of benzene rings is 2. The molecule has 0 unspecified atom stereocenters. The molecular formula is C38H59NO2. The van der Waals surface area contributed by atoms with Crippen LogP contribution in [0.2, 0.25) is 0 Å². The Labute approximate surface area is 252 Å². The fourth-order valence-corrected chi connectivity index (χ4v) is 5.57. The summed E-state index contributed by atoms with van der Waals surface area (Å²) in [7, 11) is 0. The molecule has 0 amide bonds. The lowest BCUT2D eigenvalue weighted by molar-refractivity contribution is -0.137. The summed E-state index contributed by atoms with van der Waals surface area (Å²) in [5, 5.41) is 8.64. The lowest BCUT2D eigenvalue weighted by atomic mass is 10.1. The van der Waals surface area contributed by atoms with Gasteiger partial charge < -0.3 is 5.11 Å². The number of allylic oxidation sites excluding steroid dienone is 2. The van der Waals surface area contributed by atoms with Crippen molar-refractivity contribution >= 4 is 5.97 Å². The average Bonchev–Trinajstić information content (AvgIpc) is 2.98. The van der Waals surface area contributed by atoms with Gasteiger partial charge in [0.15, 0.2) is 0 Å². The van der Waals surface area contributed by atoms with E-state index in [9.17, 15) is 4.79 Å². The van der Waals surface area contributed by atoms with Crippen molar-refractivity contribution in [2.24, 2.45) is 0 Å². The molecule has 0 fully saturated rings. The van der Waals surface area contributed by atoms with E-state index in [1.54, 1.807) is 0 Å². The molecule has 41 heavy (non-hydrogen) atoms. The molecule has 0 radical (unpaired) electrons. The van der Waals surface area contributed by atoms with Crippen molar-refractivity contribution in [3.05, 3.63) is 83.9 Å². The lowest BCUT2D eigenvalue weighted by Gasteiger charge is -2.22. The average molecular weight is 562 g/mol. The number of aliphatic carboxylic acids is 1. The van der Waals surface area contributed by atoms with E-state index in [0.717, 1.165) is 25.9 Å². The standard InChI is InChI=1S/C38H59NO2/c40-38(41)32-26-18-16-14-12-10-8-6-4-2-1-3-5-7-9-11-13-15-17-19-27-33-39(34-36-28-22-20-23-29-36)35-37-30-24-21-25-31-37/h1-2,20-25,28-31H,3-19,26-27,32-35H2,(H,40,41). The molecule has 0 aliphatic heterocycles. The molecule has 1 N–H and O–H groups in total. The summed E-state index contributed by atoms with van der Waals surface area (Å²) >= 11 is 0. The fraction of sp³-hybridized carbons (Fsp3) is 0.605. The Morgan fingerprint density at radius 2 is 0.878 bits per heavy atom. The van der Waals surface area contributed by atoms with Gasteiger partial charge in [0.1, 0.15) is 0 Å². The van der Waals surface area contributed by atoms with Crippen molar-refractivity contribution in [3.63, 3.8) is 0 Å². The SMILES string of the molecule is O=C(O)CCCCCCCCCCC=CCCCCCCCCCCCN(Cc1ccccc1)Cc1ccccc1. The zero-order valence-electron chi connectivity index (χ0n) is 26.0. The number of rotatable bonds is 27. The summed E-state index contributed by atoms with van der Waals surface area (Å²) in [5.74, 6) is -0.660. The maximum absolute atomic E-state index is 10.5. The number of carboxylic acid groups (broad SMARTS) is 1. The van der Waals surface area contributed by atoms with Gasteiger partial charge in [-0.15, -0.1) is 0 Å². The number of nitrogens with zero attached hydrogens (tertiary/aromatic N) is 1. The predicted octanol–water partition coefficient (Wildman–Crippen LogP) is 11.1. The number of unbranched alkanes of at least 4 members (excludes halogenated alkanes) is 17. The summed E-state index contributed by atoms with van der Waals surface area (Å²) < 4.78 is 0. The summed E-state index contributed by atoms with van der Waals surface area (Å²) in [6, 6.07) is 21.8. The number of carbonyl (C=O) groups is 1. The van der Waals surface area contributed by atoms with E-state index >= 15 is 0 Å². The molecule has 228 valence electrons. The first-order valence-electron chi connectivity index (χ1n) is 16.9. The van der Waals surface area contributed by atoms with Crippen LogP contribution in [-0.2, 0) is 17.9 Å². The van der Waals surface area contributed by atoms with Gasteiger partial charge in [0.25, 0.3) is 0 Å². The summed E-state index contributed by atoms with van der Waals surface area (Å²) in [5.41, 5.74) is 2.81. The second kappa shape index (κ2) is 25.3. The van der Waals surface area contributed by atoms with E-state index in [4.69, 9.17) is 5.11 Å². The van der Waals surface area contributed by atoms with E-state index in [1.807, 2.05) is 0 Å². The predicted molar refractivity (Wildman–Crippen MR) is 176 cm³/mol. The molecule has 0 aliphatic carbocycles. The smallest absolute Gasteiger partial charge is 0.303 e. The molecule has 3 heteroatoms. The van der Waals surface area contributed by atoms with Crippen LogP contribution in [0.25, 0.3) is 0 Å². The number of hydrogen-bond donors (Lipinski definition) is 1. The van der Waals surface area contributed by atoms with Crippen molar-refractivity contribution in [1.82, 2.24) is 4.90 Å². The quantitative estimate of drug-likeness (QED) is 0.0871. The monoisotopic (exact) mass is 561 g/mol. The highest BCUT2D eigenvalue weighted by Gasteiger charge is 2.07. The van der Waals surface area contributed by atoms with Crippen molar-refractivity contribution in [3.8, 4) is 0 Å². The Kier molecular flexibility index (Phi) is 21.5. The van der Waals surface area contributed by atoms with Crippen LogP contribution in [0.15, 0.2) is 72.8 Å². The largest absolute Gasteiger partial charge is 0.481 e. The third-order valence-corrected chi connectivity index (χ3v) is 8.02. The van der Waals surface area contributed by atoms with Crippen LogP contribution in [0, 0.1) is 0 Å². The molecule has 0 saturated carbocycles. The van der Waals surface area contributed by atoms with Crippen LogP contribution in [-0.4, -0.2) is 22.5 Å². The highest BCUT2D eigenvalue weighted by Crippen LogP contribution is 2.15. The van der Waals surface area contributed by atoms with Gasteiger partial charge in [0, 0.05) is 19.5 Å². The second-order valence-corrected chi connectivity index (χ2v) is 11.9. The van der Waals surface area contributed by atoms with Crippen LogP contribution in [0.3, 0.4) is 0 Å². The molecule has 0 heterocycles. The number of carboxylic acids is 1. The second-order valence-electron chi connectivity index (χ2n) is 11.9. The minimum atomic E-state index is -0.660. The zero-order chi connectivity index (χ0) is 29.1. The van der Waals surface area contributed by atoms with Gasteiger partial charge >= 0.3 is 5.97 Å². The summed E-state index contributed by atoms with van der Waals surface area (Å²) in [4.78, 5) is 13.1. The molecule has 2 aromatic rings. The van der Waals surface area contributed by atoms with Gasteiger partial charge in [-0.2, -0.15) is 0 Å². The van der Waals surface area contributed by atoms with E-state index in [1.165, 1.54) is 127 Å². The molecule has 0 spiro atoms. The van der Waals surface area contributed by atoms with Crippen molar-refractivity contribution in [2.75, 3.05) is 6.54 Å². The molecule has 0 aromatic heterocycles. The van der Waals surface area contributed by atoms with E-state index < -0.39 is 5.97 Å². The van der Waals surface area contributed by atoms with Crippen LogP contribution in [0.4, 0.5) is 0 Å². The van der Waals surface area contributed by atoms with E-state index in [2.05, 4.69) is 77.7 Å². The molecule has 0 atom stereocenters. The Balaban J connectivity index is 1.36. The van der Waals surface area contributed by atoms with Crippen molar-refractivity contribution in [1.29, 1.82) is 0 Å². The first-order chi connectivity index (χ1) is 20.2. The molecule has 0 saturated heterocycles. The fourth-order valence-electron chi connectivity index (χ4n) is 5.57. The van der Waals surface area contributed by atoms with Crippen LogP contribution < -0.4 is 0 Å². The van der Waals surface area contributed by atoms with Crippen LogP contribution in [0.1, 0.15) is 140 Å². The maximum atomic E-state index is 10.5. The Morgan fingerprint density at radius 1 is 0.512 bits per heavy atom. The van der Waals surface area contributed by atoms with Crippen LogP contribution in [0.5, 0.6) is 0 Å². The van der Waals surface area contributed by atoms with Gasteiger partial charge in [0.05, 0.1) is 0 Å². The van der Waals surface area contributed by atoms with E-state index in [-0.39, 0.29) is 0 Å². The summed E-state index contributed by atoms with van der Waals surface area (Å²) in [6.07, 6.45) is 29.6. The normalized spacial score (nSPS) is 11.5. The maximum Gasteiger partial charge on any atom is 0.303 e. The molecule has 0 bridgehead atoms. The molecule has 0 aliphatic rings. The van der Waals surface area contributed by atoms with Gasteiger partial charge in [-0.3, -0.25) is 9.69 Å². The highest BCUT2D eigenvalue weighted by atomic mass is 16.4. The molecular weight excluding hydrogens is 502 g/mol. The zero-order valence-corrected chi connectivity index (χ0v) is 26.0. The minimum Gasteiger partial charge on any atom is -0.481 e. The first-order valence-corrected chi connectivity index (χ1v) is 16.9. The van der Waals surface area contributed by atoms with Crippen molar-refractivity contribution < 1.29 is 9.90 Å². The molecule has 2 aromatic carbocycles. The lowest BCUT2D eigenvalue weighted by Crippen LogP contribution is -2.24. The third kappa shape index (κ3) is 21.0. The highest BCUT2D eigenvalue weighted by molar-refractivity contribution is 5.66. The Hall–Kier alpha value is -2.39. The first kappa shape index (κ1) is 34.8. The van der Waals surface area contributed by atoms with Crippen LogP contribution >= 0.6 is 0 Å². The van der Waals surface area contributed by atoms with Gasteiger partial charge in [0.2, 0.25) is 0 Å². The third-order valence-electron chi connectivity index (χ3n) is 8.02. The van der Waals surface area contributed by atoms with E-state index in [0.29, 0.717) is 6.42 Å². The Morgan fingerprint density at radius 3 is 1.29 bits per heavy atom. The topological polar surface area (TPSA) is 40.5 Å². The van der Waals surface area contributed by atoms with Gasteiger partial charge in [-0.05, 0) is 56.2 Å². The van der Waals surface area contributed by atoms with Gasteiger partial charge in [-0.1, -0.05) is 156 Å². The Bertz CT molecular complexity index is 838. The minimum absolute atomic E-state index is 0.332. The molecule has 2 rings (SSSR count). The summed E-state index contributed by atoms with van der Waals surface area (Å²) in [6.45, 7) is 3.24. The molecule has 3 nitrogen and oxygen atoms in total. The van der Waals surface area contributed by atoms with Gasteiger partial charge in [-0.25, -0.2) is 0 Å².